The molecule has 0 aliphatic carbocycles. The average Bonchev–Trinajstić information content (AvgIpc) is 3.67. The minimum Gasteiger partial charge on any atom is -0.387 e. The van der Waals surface area contributed by atoms with Crippen LogP contribution in [0.25, 0.3) is 0 Å². The molecule has 3 aromatic rings. The maximum Gasteiger partial charge on any atom is 0.435 e. The van der Waals surface area contributed by atoms with Gasteiger partial charge in [-0.2, -0.15) is 18.3 Å². The number of oxime groups is 1. The fourth-order valence-corrected chi connectivity index (χ4v) is 6.07. The van der Waals surface area contributed by atoms with Crippen molar-refractivity contribution in [1.29, 1.82) is 0 Å². The first kappa shape index (κ1) is 26.5. The molecule has 1 saturated heterocycles. The van der Waals surface area contributed by atoms with Gasteiger partial charge in [0.15, 0.2) is 11.8 Å². The lowest BCUT2D eigenvalue weighted by molar-refractivity contribution is -0.141. The van der Waals surface area contributed by atoms with Gasteiger partial charge in [-0.25, -0.2) is 4.98 Å². The van der Waals surface area contributed by atoms with E-state index in [-0.39, 0.29) is 18.6 Å². The van der Waals surface area contributed by atoms with E-state index in [0.29, 0.717) is 31.7 Å². The van der Waals surface area contributed by atoms with Crippen molar-refractivity contribution in [3.05, 3.63) is 68.9 Å². The number of benzene rings is 1. The van der Waals surface area contributed by atoms with Crippen molar-refractivity contribution in [3.8, 4) is 0 Å². The molecule has 0 amide bonds. The maximum absolute atomic E-state index is 13.0. The molecule has 0 bridgehead atoms. The predicted molar refractivity (Wildman–Crippen MR) is 137 cm³/mol. The fraction of sp³-hybridized carbons (Fsp3) is 0.462. The number of alkyl halides is 3. The van der Waals surface area contributed by atoms with E-state index in [4.69, 9.17) is 15.6 Å². The van der Waals surface area contributed by atoms with Gasteiger partial charge in [0.05, 0.1) is 23.3 Å². The highest BCUT2D eigenvalue weighted by Crippen LogP contribution is 2.35. The van der Waals surface area contributed by atoms with Crippen LogP contribution in [0.15, 0.2) is 40.9 Å². The summed E-state index contributed by atoms with van der Waals surface area (Å²) in [5, 5.41) is 11.0. The molecule has 2 aliphatic rings. The smallest absolute Gasteiger partial charge is 0.387 e. The molecule has 2 aromatic heterocycles. The number of rotatable bonds is 8. The standard InChI is InChI=1S/C26H29F3N6O2S/c1-16-10-24(26(27,28)29)32-35(16)13-19(14-36)34-8-6-17(7-9-34)25-31-22(15-38-25)21-11-23(37-33-21)20-5-3-2-4-18(20)12-30/h2-5,10,14-15,17,19,23H,6-9,11-13,30H2,1H3. The molecular weight excluding hydrogens is 517 g/mol. The Labute approximate surface area is 222 Å². The zero-order valence-electron chi connectivity index (χ0n) is 20.9. The predicted octanol–water partition coefficient (Wildman–Crippen LogP) is 4.44. The van der Waals surface area contributed by atoms with Crippen LogP contribution in [0.2, 0.25) is 0 Å². The Bertz CT molecular complexity index is 1310. The van der Waals surface area contributed by atoms with Crippen LogP contribution in [0.4, 0.5) is 13.2 Å². The minimum absolute atomic E-state index is 0.0890. The van der Waals surface area contributed by atoms with Gasteiger partial charge in [0.2, 0.25) is 0 Å². The van der Waals surface area contributed by atoms with Crippen LogP contribution in [-0.2, 0) is 28.9 Å². The molecule has 0 spiro atoms. The molecule has 38 heavy (non-hydrogen) atoms. The fourth-order valence-electron chi connectivity index (χ4n) is 5.07. The van der Waals surface area contributed by atoms with E-state index >= 15 is 0 Å². The summed E-state index contributed by atoms with van der Waals surface area (Å²) in [5.41, 5.74) is 9.03. The van der Waals surface area contributed by atoms with Crippen LogP contribution in [0.5, 0.6) is 0 Å². The van der Waals surface area contributed by atoms with E-state index in [1.165, 1.54) is 4.68 Å². The zero-order valence-corrected chi connectivity index (χ0v) is 21.7. The van der Waals surface area contributed by atoms with Crippen LogP contribution >= 0.6 is 11.3 Å². The third-order valence-corrected chi connectivity index (χ3v) is 8.25. The lowest BCUT2D eigenvalue weighted by Gasteiger charge is -2.34. The number of nitrogens with zero attached hydrogens (tertiary/aromatic N) is 5. The summed E-state index contributed by atoms with van der Waals surface area (Å²) < 4.78 is 40.3. The third kappa shape index (κ3) is 5.52. The molecule has 1 fully saturated rings. The van der Waals surface area contributed by atoms with E-state index in [1.54, 1.807) is 18.3 Å². The summed E-state index contributed by atoms with van der Waals surface area (Å²) >= 11 is 1.60. The average molecular weight is 547 g/mol. The molecule has 8 nitrogen and oxygen atoms in total. The molecule has 202 valence electrons. The van der Waals surface area contributed by atoms with E-state index < -0.39 is 17.9 Å². The van der Waals surface area contributed by atoms with E-state index in [9.17, 15) is 18.0 Å². The van der Waals surface area contributed by atoms with Gasteiger partial charge >= 0.3 is 6.18 Å². The number of hydrogen-bond donors (Lipinski definition) is 1. The Kier molecular flexibility index (Phi) is 7.64. The van der Waals surface area contributed by atoms with Gasteiger partial charge in [0.1, 0.15) is 12.0 Å². The molecule has 2 unspecified atom stereocenters. The van der Waals surface area contributed by atoms with Crippen LogP contribution in [0.1, 0.15) is 64.5 Å². The molecule has 4 heterocycles. The Morgan fingerprint density at radius 3 is 2.71 bits per heavy atom. The first-order valence-electron chi connectivity index (χ1n) is 12.5. The van der Waals surface area contributed by atoms with Crippen molar-refractivity contribution in [1.82, 2.24) is 19.7 Å². The highest BCUT2D eigenvalue weighted by Gasteiger charge is 2.35. The summed E-state index contributed by atoms with van der Waals surface area (Å²) in [6, 6.07) is 8.40. The monoisotopic (exact) mass is 546 g/mol. The number of hydrogen-bond acceptors (Lipinski definition) is 8. The summed E-state index contributed by atoms with van der Waals surface area (Å²) in [6.07, 6.45) is -1.65. The molecule has 0 radical (unpaired) electrons. The zero-order chi connectivity index (χ0) is 26.9. The lowest BCUT2D eigenvalue weighted by Crippen LogP contribution is -2.44. The first-order valence-corrected chi connectivity index (χ1v) is 13.4. The highest BCUT2D eigenvalue weighted by molar-refractivity contribution is 7.10. The number of aryl methyl sites for hydroxylation is 1. The highest BCUT2D eigenvalue weighted by atomic mass is 32.1. The topological polar surface area (TPSA) is 98.6 Å². The van der Waals surface area contributed by atoms with Crippen molar-refractivity contribution >= 4 is 23.3 Å². The summed E-state index contributed by atoms with van der Waals surface area (Å²) in [5.74, 6) is 0.247. The Hall–Kier alpha value is -3.09. The molecule has 5 rings (SSSR count). The van der Waals surface area contributed by atoms with Crippen molar-refractivity contribution in [2.75, 3.05) is 13.1 Å². The SMILES string of the molecule is Cc1cc(C(F)(F)F)nn1CC(C=O)N1CCC(c2nc(C3=NOC(c4ccccc4CN)C3)cs2)CC1. The van der Waals surface area contributed by atoms with Gasteiger partial charge in [-0.1, -0.05) is 29.4 Å². The third-order valence-electron chi connectivity index (χ3n) is 7.24. The molecule has 2 aliphatic heterocycles. The number of thiazole rings is 1. The van der Waals surface area contributed by atoms with E-state index in [1.807, 2.05) is 34.5 Å². The van der Waals surface area contributed by atoms with Gasteiger partial charge < -0.3 is 15.4 Å². The number of carbonyl (C=O) groups is 1. The van der Waals surface area contributed by atoms with Crippen molar-refractivity contribution in [2.24, 2.45) is 10.9 Å². The number of likely N-dealkylation sites (tertiary alicyclic amines) is 1. The van der Waals surface area contributed by atoms with E-state index in [2.05, 4.69) is 10.3 Å². The van der Waals surface area contributed by atoms with Crippen molar-refractivity contribution in [2.45, 2.75) is 63.5 Å². The van der Waals surface area contributed by atoms with Crippen molar-refractivity contribution < 1.29 is 22.8 Å². The molecule has 2 N–H and O–H groups in total. The Morgan fingerprint density at radius 1 is 1.26 bits per heavy atom. The summed E-state index contributed by atoms with van der Waals surface area (Å²) in [7, 11) is 0. The van der Waals surface area contributed by atoms with Crippen LogP contribution in [-0.4, -0.2) is 50.8 Å². The van der Waals surface area contributed by atoms with Gasteiger partial charge in [0, 0.05) is 30.0 Å². The number of carbonyl (C=O) groups excluding carboxylic acids is 1. The largest absolute Gasteiger partial charge is 0.435 e. The minimum atomic E-state index is -4.51. The normalized spacial score (nSPS) is 19.8. The molecule has 1 aromatic carbocycles. The number of piperidine rings is 1. The van der Waals surface area contributed by atoms with Crippen LogP contribution in [0.3, 0.4) is 0 Å². The molecule has 2 atom stereocenters. The van der Waals surface area contributed by atoms with Crippen LogP contribution < -0.4 is 5.73 Å². The summed E-state index contributed by atoms with van der Waals surface area (Å²) in [6.45, 7) is 3.39. The number of aldehydes is 1. The number of aromatic nitrogens is 3. The Morgan fingerprint density at radius 2 is 2.03 bits per heavy atom. The van der Waals surface area contributed by atoms with Crippen molar-refractivity contribution in [3.63, 3.8) is 0 Å². The van der Waals surface area contributed by atoms with Gasteiger partial charge in [-0.3, -0.25) is 9.58 Å². The quantitative estimate of drug-likeness (QED) is 0.420. The Balaban J connectivity index is 1.18. The number of halogens is 3. The molecule has 0 saturated carbocycles. The second kappa shape index (κ2) is 11.0. The lowest BCUT2D eigenvalue weighted by atomic mass is 9.96. The van der Waals surface area contributed by atoms with Gasteiger partial charge in [0.25, 0.3) is 0 Å². The number of nitrogens with two attached hydrogens (primary N) is 1. The molecule has 12 heteroatoms. The van der Waals surface area contributed by atoms with E-state index in [0.717, 1.165) is 52.7 Å². The second-order valence-corrected chi connectivity index (χ2v) is 10.6. The van der Waals surface area contributed by atoms with Gasteiger partial charge in [-0.05, 0) is 50.0 Å². The second-order valence-electron chi connectivity index (χ2n) is 9.67. The van der Waals surface area contributed by atoms with Gasteiger partial charge in [-0.15, -0.1) is 11.3 Å². The van der Waals surface area contributed by atoms with Crippen LogP contribution in [0, 0.1) is 6.92 Å². The first-order chi connectivity index (χ1) is 18.3. The maximum atomic E-state index is 13.0. The molecular formula is C26H29F3N6O2S. The summed E-state index contributed by atoms with van der Waals surface area (Å²) in [4.78, 5) is 24.4.